The minimum atomic E-state index is 0.0705. The van der Waals surface area contributed by atoms with Crippen molar-refractivity contribution in [2.24, 2.45) is 0 Å². The molecular weight excluding hydrogens is 254 g/mol. The zero-order valence-corrected chi connectivity index (χ0v) is 11.0. The van der Waals surface area contributed by atoms with Crippen LogP contribution in [0.5, 0.6) is 11.5 Å². The van der Waals surface area contributed by atoms with E-state index < -0.39 is 0 Å². The Balaban J connectivity index is 1.65. The maximum absolute atomic E-state index is 9.42. The summed E-state index contributed by atoms with van der Waals surface area (Å²) in [6.07, 6.45) is 0. The van der Waals surface area contributed by atoms with Crippen molar-refractivity contribution in [1.82, 2.24) is 5.32 Å². The smallest absolute Gasteiger partial charge is 0.127 e. The molecule has 0 fully saturated rings. The average Bonchev–Trinajstić information content (AvgIpc) is 2.88. The summed E-state index contributed by atoms with van der Waals surface area (Å²) in [5.41, 5.74) is 3.16. The van der Waals surface area contributed by atoms with Crippen LogP contribution in [0.4, 0.5) is 0 Å². The summed E-state index contributed by atoms with van der Waals surface area (Å²) in [6.45, 7) is 1.38. The lowest BCUT2D eigenvalue weighted by atomic mass is 10.1. The average molecular weight is 271 g/mol. The van der Waals surface area contributed by atoms with Gasteiger partial charge in [-0.2, -0.15) is 0 Å². The second-order valence-corrected chi connectivity index (χ2v) is 4.94. The van der Waals surface area contributed by atoms with E-state index in [2.05, 4.69) is 5.32 Å². The molecule has 2 aromatic rings. The first-order chi connectivity index (χ1) is 9.76. The molecule has 1 atom stereocenters. The summed E-state index contributed by atoms with van der Waals surface area (Å²) in [4.78, 5) is 0. The molecule has 3 N–H and O–H groups in total. The Morgan fingerprint density at radius 3 is 2.60 bits per heavy atom. The highest BCUT2D eigenvalue weighted by molar-refractivity contribution is 5.44. The molecule has 0 saturated heterocycles. The van der Waals surface area contributed by atoms with Crippen LogP contribution in [0.2, 0.25) is 0 Å². The standard InChI is InChI=1S/C16H17NO3/c18-9-12-3-1-11(2-4-12)8-17-15-10-20-16-7-13(19)5-6-14(15)16/h1-7,15,17-19H,8-10H2. The zero-order valence-electron chi connectivity index (χ0n) is 11.0. The number of aromatic hydroxyl groups is 1. The fourth-order valence-corrected chi connectivity index (χ4v) is 2.37. The number of fused-ring (bicyclic) bond motifs is 1. The van der Waals surface area contributed by atoms with Crippen molar-refractivity contribution in [3.63, 3.8) is 0 Å². The molecule has 0 amide bonds. The predicted octanol–water partition coefficient (Wildman–Crippen LogP) is 2.11. The third-order valence-corrected chi connectivity index (χ3v) is 3.54. The first kappa shape index (κ1) is 13.0. The topological polar surface area (TPSA) is 61.7 Å². The summed E-state index contributed by atoms with van der Waals surface area (Å²) < 4.78 is 5.56. The molecule has 0 bridgehead atoms. The first-order valence-corrected chi connectivity index (χ1v) is 6.64. The monoisotopic (exact) mass is 271 g/mol. The van der Waals surface area contributed by atoms with Crippen molar-refractivity contribution in [1.29, 1.82) is 0 Å². The van der Waals surface area contributed by atoms with Gasteiger partial charge in [-0.05, 0) is 23.3 Å². The molecular formula is C16H17NO3. The molecule has 104 valence electrons. The van der Waals surface area contributed by atoms with E-state index in [0.717, 1.165) is 29.0 Å². The maximum atomic E-state index is 9.42. The molecule has 0 aliphatic carbocycles. The highest BCUT2D eigenvalue weighted by Crippen LogP contribution is 2.34. The minimum absolute atomic E-state index is 0.0705. The third-order valence-electron chi connectivity index (χ3n) is 3.54. The predicted molar refractivity (Wildman–Crippen MR) is 75.5 cm³/mol. The van der Waals surface area contributed by atoms with Crippen LogP contribution in [0.1, 0.15) is 22.7 Å². The Morgan fingerprint density at radius 1 is 1.10 bits per heavy atom. The molecule has 0 spiro atoms. The largest absolute Gasteiger partial charge is 0.508 e. The number of benzene rings is 2. The quantitative estimate of drug-likeness (QED) is 0.797. The molecule has 4 nitrogen and oxygen atoms in total. The van der Waals surface area contributed by atoms with Crippen LogP contribution in [0.25, 0.3) is 0 Å². The van der Waals surface area contributed by atoms with Gasteiger partial charge in [0, 0.05) is 18.2 Å². The summed E-state index contributed by atoms with van der Waals surface area (Å²) in [6, 6.07) is 13.2. The lowest BCUT2D eigenvalue weighted by Crippen LogP contribution is -2.21. The Morgan fingerprint density at radius 2 is 1.85 bits per heavy atom. The molecule has 0 saturated carbocycles. The summed E-state index contributed by atoms with van der Waals surface area (Å²) in [7, 11) is 0. The molecule has 1 unspecified atom stereocenters. The number of phenolic OH excluding ortho intramolecular Hbond substituents is 1. The van der Waals surface area contributed by atoms with Gasteiger partial charge in [-0.3, -0.25) is 0 Å². The second-order valence-electron chi connectivity index (χ2n) is 4.94. The van der Waals surface area contributed by atoms with Gasteiger partial charge < -0.3 is 20.3 Å². The Hall–Kier alpha value is -2.04. The normalized spacial score (nSPS) is 16.8. The van der Waals surface area contributed by atoms with Gasteiger partial charge in [-0.1, -0.05) is 24.3 Å². The molecule has 3 rings (SSSR count). The summed E-state index contributed by atoms with van der Waals surface area (Å²) in [5.74, 6) is 0.974. The summed E-state index contributed by atoms with van der Waals surface area (Å²) in [5, 5.41) is 21.9. The van der Waals surface area contributed by atoms with Crippen LogP contribution in [0.3, 0.4) is 0 Å². The molecule has 1 aliphatic rings. The highest BCUT2D eigenvalue weighted by Gasteiger charge is 2.23. The lowest BCUT2D eigenvalue weighted by Gasteiger charge is -2.12. The third kappa shape index (κ3) is 2.61. The van der Waals surface area contributed by atoms with Crippen LogP contribution in [0.15, 0.2) is 42.5 Å². The van der Waals surface area contributed by atoms with E-state index in [9.17, 15) is 5.11 Å². The first-order valence-electron chi connectivity index (χ1n) is 6.64. The molecule has 20 heavy (non-hydrogen) atoms. The van der Waals surface area contributed by atoms with Crippen LogP contribution in [0, 0.1) is 0 Å². The number of hydrogen-bond acceptors (Lipinski definition) is 4. The highest BCUT2D eigenvalue weighted by atomic mass is 16.5. The van der Waals surface area contributed by atoms with Crippen molar-refractivity contribution in [2.75, 3.05) is 6.61 Å². The fraction of sp³-hybridized carbons (Fsp3) is 0.250. The van der Waals surface area contributed by atoms with Crippen molar-refractivity contribution in [3.05, 3.63) is 59.2 Å². The van der Waals surface area contributed by atoms with Crippen LogP contribution >= 0.6 is 0 Å². The number of aliphatic hydroxyl groups is 1. The van der Waals surface area contributed by atoms with Gasteiger partial charge in [0.05, 0.1) is 12.6 Å². The van der Waals surface area contributed by atoms with Gasteiger partial charge in [0.15, 0.2) is 0 Å². The van der Waals surface area contributed by atoms with E-state index in [1.54, 1.807) is 12.1 Å². The Bertz CT molecular complexity index is 595. The van der Waals surface area contributed by atoms with Crippen molar-refractivity contribution in [3.8, 4) is 11.5 Å². The van der Waals surface area contributed by atoms with Gasteiger partial charge in [-0.15, -0.1) is 0 Å². The van der Waals surface area contributed by atoms with Crippen molar-refractivity contribution < 1.29 is 14.9 Å². The molecule has 1 aliphatic heterocycles. The van der Waals surface area contributed by atoms with E-state index >= 15 is 0 Å². The SMILES string of the molecule is OCc1ccc(CNC2COc3cc(O)ccc32)cc1. The van der Waals surface area contributed by atoms with Gasteiger partial charge in [-0.25, -0.2) is 0 Å². The Kier molecular flexibility index (Phi) is 3.58. The van der Waals surface area contributed by atoms with Gasteiger partial charge in [0.1, 0.15) is 18.1 Å². The van der Waals surface area contributed by atoms with E-state index in [4.69, 9.17) is 9.84 Å². The molecule has 0 aromatic heterocycles. The van der Waals surface area contributed by atoms with Gasteiger partial charge >= 0.3 is 0 Å². The molecule has 0 radical (unpaired) electrons. The molecule has 2 aromatic carbocycles. The maximum Gasteiger partial charge on any atom is 0.127 e. The van der Waals surface area contributed by atoms with Crippen molar-refractivity contribution in [2.45, 2.75) is 19.2 Å². The summed E-state index contributed by atoms with van der Waals surface area (Å²) >= 11 is 0. The molecule has 1 heterocycles. The Labute approximate surface area is 117 Å². The van der Waals surface area contributed by atoms with Gasteiger partial charge in [0.2, 0.25) is 0 Å². The fourth-order valence-electron chi connectivity index (χ4n) is 2.37. The number of hydrogen-bond donors (Lipinski definition) is 3. The number of nitrogens with one attached hydrogen (secondary N) is 1. The van der Waals surface area contributed by atoms with E-state index in [1.807, 2.05) is 30.3 Å². The number of phenols is 1. The van der Waals surface area contributed by atoms with Gasteiger partial charge in [0.25, 0.3) is 0 Å². The lowest BCUT2D eigenvalue weighted by molar-refractivity contribution is 0.282. The second kappa shape index (κ2) is 5.53. The zero-order chi connectivity index (χ0) is 13.9. The van der Waals surface area contributed by atoms with Crippen LogP contribution in [-0.4, -0.2) is 16.8 Å². The number of ether oxygens (including phenoxy) is 1. The van der Waals surface area contributed by atoms with Crippen molar-refractivity contribution >= 4 is 0 Å². The van der Waals surface area contributed by atoms with Crippen LogP contribution in [-0.2, 0) is 13.2 Å². The van der Waals surface area contributed by atoms with E-state index in [1.165, 1.54) is 0 Å². The number of rotatable bonds is 4. The van der Waals surface area contributed by atoms with Crippen LogP contribution < -0.4 is 10.1 Å². The molecule has 4 heteroatoms. The number of aliphatic hydroxyl groups excluding tert-OH is 1. The minimum Gasteiger partial charge on any atom is -0.508 e. The van der Waals surface area contributed by atoms with E-state index in [-0.39, 0.29) is 18.4 Å². The van der Waals surface area contributed by atoms with E-state index in [0.29, 0.717) is 6.61 Å².